The van der Waals surface area contributed by atoms with E-state index in [1.54, 1.807) is 6.92 Å². The van der Waals surface area contributed by atoms with Gasteiger partial charge in [0.1, 0.15) is 0 Å². The molecule has 1 aromatic heterocycles. The minimum atomic E-state index is -0.921. The fourth-order valence-electron chi connectivity index (χ4n) is 4.31. The molecule has 160 valence electrons. The Morgan fingerprint density at radius 3 is 2.55 bits per heavy atom. The van der Waals surface area contributed by atoms with Crippen LogP contribution in [0.2, 0.25) is 0 Å². The van der Waals surface area contributed by atoms with Gasteiger partial charge in [-0.15, -0.1) is 0 Å². The Balaban J connectivity index is 1.62. The Labute approximate surface area is 182 Å². The maximum atomic E-state index is 13.3. The van der Waals surface area contributed by atoms with Crippen molar-refractivity contribution < 1.29 is 14.3 Å². The molecular formula is C26H28N2O3. The van der Waals surface area contributed by atoms with Gasteiger partial charge in [-0.1, -0.05) is 43.3 Å². The van der Waals surface area contributed by atoms with Gasteiger partial charge in [-0.2, -0.15) is 0 Å². The lowest BCUT2D eigenvalue weighted by Crippen LogP contribution is -2.31. The fraction of sp³-hybridized carbons (Fsp3) is 0.346. The normalized spacial score (nSPS) is 16.5. The van der Waals surface area contributed by atoms with E-state index in [4.69, 9.17) is 9.72 Å². The van der Waals surface area contributed by atoms with Crippen LogP contribution in [0.1, 0.15) is 53.0 Å². The van der Waals surface area contributed by atoms with E-state index >= 15 is 0 Å². The summed E-state index contributed by atoms with van der Waals surface area (Å²) in [5.41, 5.74) is 5.97. The Kier molecular flexibility index (Phi) is 5.77. The number of hydrogen-bond acceptors (Lipinski definition) is 4. The number of amides is 1. The van der Waals surface area contributed by atoms with Crippen molar-refractivity contribution in [3.63, 3.8) is 0 Å². The van der Waals surface area contributed by atoms with Crippen molar-refractivity contribution in [1.29, 1.82) is 0 Å². The standard InChI is InChI=1S/C26H28N2O3/c1-15-12-13-22-20(14-15)23(19-10-5-6-11-21(19)27-22)26(30)31-18(4)25(29)28-24-16(2)8-7-9-17(24)3/h5-11,15,18H,12-14H2,1-4H3,(H,28,29)/t15-,18-/m1/s1. The van der Waals surface area contributed by atoms with E-state index < -0.39 is 12.1 Å². The topological polar surface area (TPSA) is 68.3 Å². The van der Waals surface area contributed by atoms with E-state index in [0.717, 1.165) is 58.2 Å². The summed E-state index contributed by atoms with van der Waals surface area (Å²) >= 11 is 0. The first kappa shape index (κ1) is 21.0. The van der Waals surface area contributed by atoms with Crippen LogP contribution in [0.15, 0.2) is 42.5 Å². The van der Waals surface area contributed by atoms with Crippen LogP contribution in [0, 0.1) is 19.8 Å². The molecule has 1 N–H and O–H groups in total. The molecule has 4 rings (SSSR count). The summed E-state index contributed by atoms with van der Waals surface area (Å²) < 4.78 is 5.68. The molecule has 5 nitrogen and oxygen atoms in total. The number of aryl methyl sites for hydroxylation is 3. The van der Waals surface area contributed by atoms with Crippen LogP contribution in [-0.2, 0) is 22.4 Å². The highest BCUT2D eigenvalue weighted by molar-refractivity contribution is 6.06. The maximum absolute atomic E-state index is 13.3. The summed E-state index contributed by atoms with van der Waals surface area (Å²) in [5, 5.41) is 3.69. The van der Waals surface area contributed by atoms with Crippen molar-refractivity contribution in [1.82, 2.24) is 4.98 Å². The van der Waals surface area contributed by atoms with Gasteiger partial charge in [-0.3, -0.25) is 9.78 Å². The number of fused-ring (bicyclic) bond motifs is 2. The first-order valence-electron chi connectivity index (χ1n) is 10.8. The van der Waals surface area contributed by atoms with Gasteiger partial charge in [0.2, 0.25) is 0 Å². The highest BCUT2D eigenvalue weighted by atomic mass is 16.5. The molecule has 2 aromatic carbocycles. The Hall–Kier alpha value is -3.21. The molecule has 0 unspecified atom stereocenters. The lowest BCUT2D eigenvalue weighted by atomic mass is 9.84. The molecule has 31 heavy (non-hydrogen) atoms. The second kappa shape index (κ2) is 8.50. The number of ether oxygens (including phenoxy) is 1. The minimum Gasteiger partial charge on any atom is -0.449 e. The fourth-order valence-corrected chi connectivity index (χ4v) is 4.31. The van der Waals surface area contributed by atoms with E-state index in [9.17, 15) is 9.59 Å². The average molecular weight is 417 g/mol. The summed E-state index contributed by atoms with van der Waals surface area (Å²) in [5.74, 6) is -0.328. The number of anilines is 1. The molecule has 5 heteroatoms. The number of carbonyl (C=O) groups is 2. The summed E-state index contributed by atoms with van der Waals surface area (Å²) in [6, 6.07) is 13.5. The van der Waals surface area contributed by atoms with Crippen molar-refractivity contribution >= 4 is 28.5 Å². The van der Waals surface area contributed by atoms with Gasteiger partial charge in [0.15, 0.2) is 6.10 Å². The molecule has 0 radical (unpaired) electrons. The molecule has 0 saturated heterocycles. The average Bonchev–Trinajstić information content (AvgIpc) is 2.74. The Morgan fingerprint density at radius 2 is 1.81 bits per heavy atom. The van der Waals surface area contributed by atoms with Gasteiger partial charge in [0, 0.05) is 16.8 Å². The monoisotopic (exact) mass is 416 g/mol. The summed E-state index contributed by atoms with van der Waals surface area (Å²) in [6.07, 6.45) is 1.78. The summed E-state index contributed by atoms with van der Waals surface area (Å²) in [6.45, 7) is 7.68. The van der Waals surface area contributed by atoms with Gasteiger partial charge in [-0.05, 0) is 68.7 Å². The van der Waals surface area contributed by atoms with Crippen LogP contribution in [0.4, 0.5) is 5.69 Å². The van der Waals surface area contributed by atoms with E-state index in [2.05, 4.69) is 12.2 Å². The quantitative estimate of drug-likeness (QED) is 0.597. The van der Waals surface area contributed by atoms with E-state index in [1.165, 1.54) is 0 Å². The largest absolute Gasteiger partial charge is 0.449 e. The SMILES string of the molecule is Cc1cccc(C)c1NC(=O)[C@@H](C)OC(=O)c1c2c(nc3ccccc13)CC[C@@H](C)C2. The second-order valence-electron chi connectivity index (χ2n) is 8.58. The highest BCUT2D eigenvalue weighted by Gasteiger charge is 2.28. The highest BCUT2D eigenvalue weighted by Crippen LogP contribution is 2.32. The number of aromatic nitrogens is 1. The zero-order valence-corrected chi connectivity index (χ0v) is 18.5. The minimum absolute atomic E-state index is 0.341. The lowest BCUT2D eigenvalue weighted by Gasteiger charge is -2.24. The predicted octanol–water partition coefficient (Wildman–Crippen LogP) is 5.16. The second-order valence-corrected chi connectivity index (χ2v) is 8.58. The zero-order chi connectivity index (χ0) is 22.1. The van der Waals surface area contributed by atoms with E-state index in [1.807, 2.05) is 56.3 Å². The molecule has 1 aliphatic rings. The summed E-state index contributed by atoms with van der Waals surface area (Å²) in [4.78, 5) is 30.9. The zero-order valence-electron chi connectivity index (χ0n) is 18.5. The Bertz CT molecular complexity index is 1150. The van der Waals surface area contributed by atoms with Gasteiger partial charge < -0.3 is 10.1 Å². The van der Waals surface area contributed by atoms with Gasteiger partial charge in [0.25, 0.3) is 5.91 Å². The van der Waals surface area contributed by atoms with Crippen molar-refractivity contribution in [2.45, 2.75) is 53.1 Å². The molecule has 0 aliphatic heterocycles. The third kappa shape index (κ3) is 4.18. The van der Waals surface area contributed by atoms with Crippen molar-refractivity contribution in [2.24, 2.45) is 5.92 Å². The van der Waals surface area contributed by atoms with Crippen LogP contribution in [0.25, 0.3) is 10.9 Å². The van der Waals surface area contributed by atoms with Gasteiger partial charge in [0.05, 0.1) is 11.1 Å². The molecule has 2 atom stereocenters. The van der Waals surface area contributed by atoms with Crippen LogP contribution < -0.4 is 5.32 Å². The van der Waals surface area contributed by atoms with Crippen LogP contribution in [0.3, 0.4) is 0 Å². The molecule has 3 aromatic rings. The predicted molar refractivity (Wildman–Crippen MR) is 122 cm³/mol. The van der Waals surface area contributed by atoms with Crippen LogP contribution in [-0.4, -0.2) is 23.0 Å². The number of esters is 1. The van der Waals surface area contributed by atoms with E-state index in [0.29, 0.717) is 11.5 Å². The maximum Gasteiger partial charge on any atom is 0.339 e. The number of para-hydroxylation sites is 2. The third-order valence-corrected chi connectivity index (χ3v) is 6.09. The number of rotatable bonds is 4. The van der Waals surface area contributed by atoms with Gasteiger partial charge >= 0.3 is 5.97 Å². The number of benzene rings is 2. The van der Waals surface area contributed by atoms with Gasteiger partial charge in [-0.25, -0.2) is 4.79 Å². The third-order valence-electron chi connectivity index (χ3n) is 6.09. The molecule has 1 amide bonds. The number of nitrogens with zero attached hydrogens (tertiary/aromatic N) is 1. The number of carbonyl (C=O) groups excluding carboxylic acids is 2. The molecule has 1 aliphatic carbocycles. The molecule has 0 saturated carbocycles. The van der Waals surface area contributed by atoms with Crippen molar-refractivity contribution in [3.05, 3.63) is 70.4 Å². The number of pyridine rings is 1. The van der Waals surface area contributed by atoms with Crippen LogP contribution in [0.5, 0.6) is 0 Å². The first-order chi connectivity index (χ1) is 14.8. The van der Waals surface area contributed by atoms with Crippen molar-refractivity contribution in [3.8, 4) is 0 Å². The number of hydrogen-bond donors (Lipinski definition) is 1. The summed E-state index contributed by atoms with van der Waals surface area (Å²) in [7, 11) is 0. The molecule has 0 fully saturated rings. The van der Waals surface area contributed by atoms with E-state index in [-0.39, 0.29) is 5.91 Å². The molecule has 1 heterocycles. The first-order valence-corrected chi connectivity index (χ1v) is 10.8. The Morgan fingerprint density at radius 1 is 1.10 bits per heavy atom. The van der Waals surface area contributed by atoms with Crippen LogP contribution >= 0.6 is 0 Å². The molecular weight excluding hydrogens is 388 g/mol. The lowest BCUT2D eigenvalue weighted by molar-refractivity contribution is -0.123. The molecule has 0 bridgehead atoms. The molecule has 0 spiro atoms. The van der Waals surface area contributed by atoms with Crippen molar-refractivity contribution in [2.75, 3.05) is 5.32 Å². The smallest absolute Gasteiger partial charge is 0.339 e. The number of nitrogens with one attached hydrogen (secondary N) is 1.